The lowest BCUT2D eigenvalue weighted by atomic mass is 9.98. The van der Waals surface area contributed by atoms with Gasteiger partial charge in [-0.05, 0) is 37.8 Å². The summed E-state index contributed by atoms with van der Waals surface area (Å²) in [4.78, 5) is 8.31. The summed E-state index contributed by atoms with van der Waals surface area (Å²) in [5.41, 5.74) is 2.30. The van der Waals surface area contributed by atoms with Crippen molar-refractivity contribution in [3.63, 3.8) is 0 Å². The van der Waals surface area contributed by atoms with Crippen molar-refractivity contribution in [2.24, 2.45) is 15.9 Å². The third-order valence-electron chi connectivity index (χ3n) is 2.28. The third-order valence-corrected chi connectivity index (χ3v) is 2.28. The highest BCUT2D eigenvalue weighted by Gasteiger charge is 2.13. The van der Waals surface area contributed by atoms with Crippen LogP contribution in [0.4, 0.5) is 10.1 Å². The van der Waals surface area contributed by atoms with Crippen molar-refractivity contribution in [2.45, 2.75) is 20.8 Å². The molecule has 0 unspecified atom stereocenters. The Morgan fingerprint density at radius 2 is 2.12 bits per heavy atom. The summed E-state index contributed by atoms with van der Waals surface area (Å²) in [6, 6.07) is 4.49. The van der Waals surface area contributed by atoms with Crippen LogP contribution in [0.2, 0.25) is 0 Å². The summed E-state index contributed by atoms with van der Waals surface area (Å²) in [6.07, 6.45) is 0. The first kappa shape index (κ1) is 12.6. The second kappa shape index (κ2) is 5.54. The summed E-state index contributed by atoms with van der Waals surface area (Å²) >= 11 is 0. The van der Waals surface area contributed by atoms with Gasteiger partial charge in [-0.2, -0.15) is 0 Å². The largest absolute Gasteiger partial charge is 0.289 e. The highest BCUT2D eigenvalue weighted by molar-refractivity contribution is 6.05. The lowest BCUT2D eigenvalue weighted by Crippen LogP contribution is -2.10. The number of hydrogen-bond donors (Lipinski definition) is 0. The van der Waals surface area contributed by atoms with Crippen molar-refractivity contribution in [1.29, 1.82) is 0 Å². The molecule has 1 rings (SSSR count). The van der Waals surface area contributed by atoms with E-state index in [-0.39, 0.29) is 11.7 Å². The van der Waals surface area contributed by atoms with Crippen LogP contribution in [0.5, 0.6) is 0 Å². The quantitative estimate of drug-likeness (QED) is 0.692. The second-order valence-electron chi connectivity index (χ2n) is 3.83. The van der Waals surface area contributed by atoms with E-state index >= 15 is 0 Å². The van der Waals surface area contributed by atoms with E-state index in [4.69, 9.17) is 0 Å². The molecule has 0 bridgehead atoms. The molecule has 0 aliphatic carbocycles. The van der Waals surface area contributed by atoms with E-state index in [1.807, 2.05) is 20.8 Å². The Morgan fingerprint density at radius 1 is 1.44 bits per heavy atom. The van der Waals surface area contributed by atoms with Crippen LogP contribution in [0.15, 0.2) is 28.2 Å². The fraction of sp³-hybridized carbons (Fsp3) is 0.385. The topological polar surface area (TPSA) is 24.7 Å². The molecule has 0 saturated heterocycles. The Balaban J connectivity index is 3.32. The average molecular weight is 220 g/mol. The maximum Gasteiger partial charge on any atom is 0.124 e. The molecule has 0 radical (unpaired) electrons. The molecule has 0 amide bonds. The van der Waals surface area contributed by atoms with Crippen molar-refractivity contribution in [2.75, 3.05) is 6.54 Å². The van der Waals surface area contributed by atoms with E-state index in [0.717, 1.165) is 11.3 Å². The monoisotopic (exact) mass is 220 g/mol. The molecule has 0 N–H and O–H groups in total. The molecule has 1 aromatic rings. The van der Waals surface area contributed by atoms with Crippen molar-refractivity contribution < 1.29 is 4.39 Å². The van der Waals surface area contributed by atoms with Crippen LogP contribution in [0, 0.1) is 11.7 Å². The number of rotatable bonds is 4. The van der Waals surface area contributed by atoms with Crippen molar-refractivity contribution in [3.05, 3.63) is 29.6 Å². The van der Waals surface area contributed by atoms with Gasteiger partial charge in [0.1, 0.15) is 5.82 Å². The Kier molecular flexibility index (Phi) is 4.35. The lowest BCUT2D eigenvalue weighted by molar-refractivity contribution is 0.627. The van der Waals surface area contributed by atoms with Gasteiger partial charge in [0, 0.05) is 17.8 Å². The highest BCUT2D eigenvalue weighted by atomic mass is 19.1. The minimum atomic E-state index is -0.271. The smallest absolute Gasteiger partial charge is 0.124 e. The van der Waals surface area contributed by atoms with E-state index in [9.17, 15) is 4.39 Å². The normalized spacial score (nSPS) is 11.9. The fourth-order valence-corrected chi connectivity index (χ4v) is 1.60. The van der Waals surface area contributed by atoms with Gasteiger partial charge in [-0.3, -0.25) is 9.98 Å². The van der Waals surface area contributed by atoms with E-state index in [0.29, 0.717) is 12.2 Å². The number of aliphatic imine (C=N–C) groups is 2. The summed E-state index contributed by atoms with van der Waals surface area (Å²) in [5, 5.41) is 0. The van der Waals surface area contributed by atoms with Crippen molar-refractivity contribution in [3.8, 4) is 0 Å². The zero-order chi connectivity index (χ0) is 12.1. The van der Waals surface area contributed by atoms with Crippen LogP contribution < -0.4 is 0 Å². The van der Waals surface area contributed by atoms with Crippen LogP contribution in [0.25, 0.3) is 0 Å². The summed E-state index contributed by atoms with van der Waals surface area (Å²) in [7, 11) is 0. The molecule has 0 aliphatic heterocycles. The fourth-order valence-electron chi connectivity index (χ4n) is 1.60. The highest BCUT2D eigenvalue weighted by Crippen LogP contribution is 2.23. The Bertz CT molecular complexity index is 408. The van der Waals surface area contributed by atoms with Crippen LogP contribution in [0.1, 0.15) is 26.3 Å². The Morgan fingerprint density at radius 3 is 2.62 bits per heavy atom. The molecule has 0 spiro atoms. The predicted molar refractivity (Wildman–Crippen MR) is 67.5 cm³/mol. The van der Waals surface area contributed by atoms with Crippen LogP contribution in [0.3, 0.4) is 0 Å². The Hall–Kier alpha value is -1.51. The maximum atomic E-state index is 13.2. The molecule has 0 heterocycles. The van der Waals surface area contributed by atoms with Gasteiger partial charge in [-0.15, -0.1) is 0 Å². The minimum absolute atomic E-state index is 0.238. The number of hydrogen-bond acceptors (Lipinski definition) is 2. The van der Waals surface area contributed by atoms with Crippen LogP contribution in [-0.4, -0.2) is 19.0 Å². The van der Waals surface area contributed by atoms with E-state index < -0.39 is 0 Å². The first-order valence-electron chi connectivity index (χ1n) is 5.41. The molecule has 0 fully saturated rings. The van der Waals surface area contributed by atoms with Gasteiger partial charge in [0.15, 0.2) is 0 Å². The molecular weight excluding hydrogens is 203 g/mol. The summed E-state index contributed by atoms with van der Waals surface area (Å²) in [6.45, 7) is 10.2. The van der Waals surface area contributed by atoms with Crippen LogP contribution in [-0.2, 0) is 0 Å². The minimum Gasteiger partial charge on any atom is -0.289 e. The molecule has 0 saturated carbocycles. The van der Waals surface area contributed by atoms with Gasteiger partial charge in [-0.25, -0.2) is 4.39 Å². The zero-order valence-electron chi connectivity index (χ0n) is 10.00. The van der Waals surface area contributed by atoms with Gasteiger partial charge in [0.25, 0.3) is 0 Å². The molecule has 1 aromatic carbocycles. The lowest BCUT2D eigenvalue weighted by Gasteiger charge is -2.12. The van der Waals surface area contributed by atoms with E-state index in [1.165, 1.54) is 12.1 Å². The number of nitrogens with zero attached hydrogens (tertiary/aromatic N) is 2. The third kappa shape index (κ3) is 2.75. The van der Waals surface area contributed by atoms with Gasteiger partial charge >= 0.3 is 0 Å². The SMILES string of the molecule is C=Nc1ccc(F)cc1/C(=N\CC)C(C)C. The maximum absolute atomic E-state index is 13.2. The van der Waals surface area contributed by atoms with Crippen LogP contribution >= 0.6 is 0 Å². The van der Waals surface area contributed by atoms with Gasteiger partial charge in [0.2, 0.25) is 0 Å². The number of benzene rings is 1. The van der Waals surface area contributed by atoms with E-state index in [1.54, 1.807) is 6.07 Å². The molecule has 0 atom stereocenters. The molecule has 2 nitrogen and oxygen atoms in total. The predicted octanol–water partition coefficient (Wildman–Crippen LogP) is 3.62. The summed E-state index contributed by atoms with van der Waals surface area (Å²) in [5.74, 6) is -0.0332. The van der Waals surface area contributed by atoms with E-state index in [2.05, 4.69) is 16.7 Å². The molecule has 3 heteroatoms. The average Bonchev–Trinajstić information content (AvgIpc) is 2.25. The van der Waals surface area contributed by atoms with Gasteiger partial charge in [0.05, 0.1) is 5.69 Å². The Labute approximate surface area is 95.9 Å². The van der Waals surface area contributed by atoms with Crippen molar-refractivity contribution >= 4 is 18.1 Å². The molecule has 0 aliphatic rings. The van der Waals surface area contributed by atoms with Gasteiger partial charge in [-0.1, -0.05) is 13.8 Å². The van der Waals surface area contributed by atoms with Crippen molar-refractivity contribution in [1.82, 2.24) is 0 Å². The molecule has 16 heavy (non-hydrogen) atoms. The second-order valence-corrected chi connectivity index (χ2v) is 3.83. The standard InChI is InChI=1S/C13H17FN2/c1-5-16-13(9(2)3)11-8-10(14)6-7-12(11)15-4/h6-9H,4-5H2,1-3H3/b16-13-. The molecule has 86 valence electrons. The first-order valence-corrected chi connectivity index (χ1v) is 5.41. The van der Waals surface area contributed by atoms with Gasteiger partial charge < -0.3 is 0 Å². The number of halogens is 1. The molecular formula is C13H17FN2. The summed E-state index contributed by atoms with van der Waals surface area (Å²) < 4.78 is 13.2. The first-order chi connectivity index (χ1) is 7.60. The zero-order valence-corrected chi connectivity index (χ0v) is 10.00. The molecule has 0 aromatic heterocycles.